The third-order valence-corrected chi connectivity index (χ3v) is 4.18. The summed E-state index contributed by atoms with van der Waals surface area (Å²) in [5, 5.41) is 11.0. The van der Waals surface area contributed by atoms with Crippen molar-refractivity contribution in [2.45, 2.75) is 25.7 Å². The third-order valence-electron chi connectivity index (χ3n) is 4.18. The van der Waals surface area contributed by atoms with Crippen molar-refractivity contribution in [3.8, 4) is 5.69 Å². The summed E-state index contributed by atoms with van der Waals surface area (Å²) in [6.45, 7) is 0.588. The standard InChI is InChI=1S/C15H19N5O/c16-11-15(6-1-7-15)10-14(21)19-12-2-4-13(5-3-12)20-17-8-9-18-20/h2-5,8-9H,1,6-7,10-11,16H2,(H,19,21). The zero-order valence-electron chi connectivity index (χ0n) is 11.8. The molecule has 1 aliphatic rings. The zero-order chi connectivity index (χ0) is 14.7. The van der Waals surface area contributed by atoms with Crippen LogP contribution >= 0.6 is 0 Å². The van der Waals surface area contributed by atoms with Gasteiger partial charge in [0.05, 0.1) is 18.1 Å². The summed E-state index contributed by atoms with van der Waals surface area (Å²) in [6, 6.07) is 7.45. The average molecular weight is 285 g/mol. The van der Waals surface area contributed by atoms with Crippen molar-refractivity contribution < 1.29 is 4.79 Å². The maximum atomic E-state index is 12.1. The van der Waals surface area contributed by atoms with E-state index in [1.165, 1.54) is 11.2 Å². The maximum Gasteiger partial charge on any atom is 0.224 e. The lowest BCUT2D eigenvalue weighted by Gasteiger charge is -2.40. The minimum atomic E-state index is 0.0308. The second kappa shape index (κ2) is 5.65. The molecule has 1 heterocycles. The molecule has 6 heteroatoms. The van der Waals surface area contributed by atoms with Crippen LogP contribution in [0.3, 0.4) is 0 Å². The van der Waals surface area contributed by atoms with Crippen LogP contribution in [-0.4, -0.2) is 27.4 Å². The van der Waals surface area contributed by atoms with Gasteiger partial charge < -0.3 is 11.1 Å². The Hall–Kier alpha value is -2.21. The molecule has 0 saturated heterocycles. The van der Waals surface area contributed by atoms with Crippen LogP contribution in [0.1, 0.15) is 25.7 Å². The Balaban J connectivity index is 1.61. The fourth-order valence-electron chi connectivity index (χ4n) is 2.70. The van der Waals surface area contributed by atoms with Crippen LogP contribution in [-0.2, 0) is 4.79 Å². The third kappa shape index (κ3) is 2.95. The monoisotopic (exact) mass is 285 g/mol. The largest absolute Gasteiger partial charge is 0.330 e. The first-order valence-electron chi connectivity index (χ1n) is 7.17. The summed E-state index contributed by atoms with van der Waals surface area (Å²) in [4.78, 5) is 13.6. The Morgan fingerprint density at radius 3 is 2.43 bits per heavy atom. The van der Waals surface area contributed by atoms with Crippen molar-refractivity contribution in [3.05, 3.63) is 36.7 Å². The van der Waals surface area contributed by atoms with Gasteiger partial charge >= 0.3 is 0 Å². The van der Waals surface area contributed by atoms with Gasteiger partial charge in [0.25, 0.3) is 0 Å². The van der Waals surface area contributed by atoms with Crippen LogP contribution < -0.4 is 11.1 Å². The number of carbonyl (C=O) groups excluding carboxylic acids is 1. The van der Waals surface area contributed by atoms with Crippen LogP contribution in [0.5, 0.6) is 0 Å². The fourth-order valence-corrected chi connectivity index (χ4v) is 2.70. The number of hydrogen-bond acceptors (Lipinski definition) is 4. The molecule has 1 fully saturated rings. The summed E-state index contributed by atoms with van der Waals surface area (Å²) in [7, 11) is 0. The number of nitrogens with two attached hydrogens (primary N) is 1. The van der Waals surface area contributed by atoms with E-state index in [1.54, 1.807) is 12.4 Å². The molecule has 0 unspecified atom stereocenters. The molecule has 21 heavy (non-hydrogen) atoms. The molecule has 0 atom stereocenters. The summed E-state index contributed by atoms with van der Waals surface area (Å²) in [5.41, 5.74) is 7.46. The van der Waals surface area contributed by atoms with Gasteiger partial charge in [0, 0.05) is 12.1 Å². The van der Waals surface area contributed by atoms with Gasteiger partial charge in [0.1, 0.15) is 0 Å². The van der Waals surface area contributed by atoms with Crippen molar-refractivity contribution in [1.82, 2.24) is 15.0 Å². The van der Waals surface area contributed by atoms with Crippen molar-refractivity contribution in [2.24, 2.45) is 11.1 Å². The predicted molar refractivity (Wildman–Crippen MR) is 79.9 cm³/mol. The van der Waals surface area contributed by atoms with E-state index >= 15 is 0 Å². The van der Waals surface area contributed by atoms with Gasteiger partial charge in [-0.2, -0.15) is 15.0 Å². The van der Waals surface area contributed by atoms with E-state index in [4.69, 9.17) is 5.73 Å². The topological polar surface area (TPSA) is 85.8 Å². The first kappa shape index (κ1) is 13.8. The van der Waals surface area contributed by atoms with Crippen LogP contribution in [0.25, 0.3) is 5.69 Å². The molecule has 3 rings (SSSR count). The Morgan fingerprint density at radius 2 is 1.90 bits per heavy atom. The molecule has 0 aliphatic heterocycles. The van der Waals surface area contributed by atoms with E-state index in [1.807, 2.05) is 24.3 Å². The molecule has 0 bridgehead atoms. The molecule has 1 aromatic carbocycles. The van der Waals surface area contributed by atoms with E-state index in [0.29, 0.717) is 13.0 Å². The van der Waals surface area contributed by atoms with Crippen LogP contribution in [0.2, 0.25) is 0 Å². The molecular weight excluding hydrogens is 266 g/mol. The molecule has 6 nitrogen and oxygen atoms in total. The van der Waals surface area contributed by atoms with Crippen molar-refractivity contribution in [3.63, 3.8) is 0 Å². The summed E-state index contributed by atoms with van der Waals surface area (Å²) < 4.78 is 0. The number of rotatable bonds is 5. The number of nitrogens with zero attached hydrogens (tertiary/aromatic N) is 3. The van der Waals surface area contributed by atoms with Crippen LogP contribution in [0, 0.1) is 5.41 Å². The number of nitrogens with one attached hydrogen (secondary N) is 1. The zero-order valence-corrected chi connectivity index (χ0v) is 11.8. The summed E-state index contributed by atoms with van der Waals surface area (Å²) >= 11 is 0. The minimum absolute atomic E-state index is 0.0308. The fraction of sp³-hybridized carbons (Fsp3) is 0.400. The van der Waals surface area contributed by atoms with E-state index in [-0.39, 0.29) is 11.3 Å². The summed E-state index contributed by atoms with van der Waals surface area (Å²) in [6.07, 6.45) is 7.05. The molecular formula is C15H19N5O. The first-order valence-corrected chi connectivity index (χ1v) is 7.17. The normalized spacial score (nSPS) is 16.2. The lowest BCUT2D eigenvalue weighted by molar-refractivity contribution is -0.119. The first-order chi connectivity index (χ1) is 10.2. The number of benzene rings is 1. The molecule has 0 spiro atoms. The highest BCUT2D eigenvalue weighted by atomic mass is 16.1. The average Bonchev–Trinajstić information content (AvgIpc) is 2.98. The Morgan fingerprint density at radius 1 is 1.24 bits per heavy atom. The number of amides is 1. The van der Waals surface area contributed by atoms with Gasteiger partial charge in [-0.25, -0.2) is 0 Å². The summed E-state index contributed by atoms with van der Waals surface area (Å²) in [5.74, 6) is 0.0325. The van der Waals surface area contributed by atoms with E-state index in [2.05, 4.69) is 15.5 Å². The second-order valence-corrected chi connectivity index (χ2v) is 5.65. The number of hydrogen-bond donors (Lipinski definition) is 2. The van der Waals surface area contributed by atoms with Gasteiger partial charge in [-0.05, 0) is 49.1 Å². The van der Waals surface area contributed by atoms with Gasteiger partial charge in [0.2, 0.25) is 5.91 Å². The van der Waals surface area contributed by atoms with Gasteiger partial charge in [0.15, 0.2) is 0 Å². The highest BCUT2D eigenvalue weighted by Crippen LogP contribution is 2.43. The number of aromatic nitrogens is 3. The Bertz CT molecular complexity index is 596. The lowest BCUT2D eigenvalue weighted by atomic mass is 9.66. The SMILES string of the molecule is NCC1(CC(=O)Nc2ccc(-n3nccn3)cc2)CCC1. The highest BCUT2D eigenvalue weighted by Gasteiger charge is 2.37. The Kier molecular flexibility index (Phi) is 3.70. The maximum absolute atomic E-state index is 12.1. The molecule has 0 radical (unpaired) electrons. The van der Waals surface area contributed by atoms with E-state index < -0.39 is 0 Å². The van der Waals surface area contributed by atoms with Crippen LogP contribution in [0.15, 0.2) is 36.7 Å². The van der Waals surface area contributed by atoms with Crippen molar-refractivity contribution in [1.29, 1.82) is 0 Å². The minimum Gasteiger partial charge on any atom is -0.330 e. The molecule has 1 aromatic heterocycles. The van der Waals surface area contributed by atoms with Gasteiger partial charge in [-0.15, -0.1) is 0 Å². The molecule has 3 N–H and O–H groups in total. The molecule has 2 aromatic rings. The van der Waals surface area contributed by atoms with Crippen molar-refractivity contribution in [2.75, 3.05) is 11.9 Å². The quantitative estimate of drug-likeness (QED) is 0.876. The van der Waals surface area contributed by atoms with E-state index in [9.17, 15) is 4.79 Å². The highest BCUT2D eigenvalue weighted by molar-refractivity contribution is 5.91. The number of carbonyl (C=O) groups is 1. The molecule has 1 aliphatic carbocycles. The van der Waals surface area contributed by atoms with Crippen molar-refractivity contribution >= 4 is 11.6 Å². The van der Waals surface area contributed by atoms with Gasteiger partial charge in [-0.3, -0.25) is 4.79 Å². The smallest absolute Gasteiger partial charge is 0.224 e. The number of anilines is 1. The molecule has 110 valence electrons. The Labute approximate surface area is 123 Å². The van der Waals surface area contributed by atoms with Crippen LogP contribution in [0.4, 0.5) is 5.69 Å². The van der Waals surface area contributed by atoms with Gasteiger partial charge in [-0.1, -0.05) is 6.42 Å². The lowest BCUT2D eigenvalue weighted by Crippen LogP contribution is -2.40. The molecule has 1 amide bonds. The predicted octanol–water partition coefficient (Wildman–Crippen LogP) is 1.72. The molecule has 1 saturated carbocycles. The van der Waals surface area contributed by atoms with E-state index in [0.717, 1.165) is 24.2 Å². The second-order valence-electron chi connectivity index (χ2n) is 5.65.